The Balaban J connectivity index is 1.69. The van der Waals surface area contributed by atoms with Crippen LogP contribution in [0.5, 0.6) is 0 Å². The van der Waals surface area contributed by atoms with E-state index in [4.69, 9.17) is 23.2 Å². The van der Waals surface area contributed by atoms with Crippen LogP contribution in [0, 0.1) is 10.1 Å². The van der Waals surface area contributed by atoms with Crippen molar-refractivity contribution < 1.29 is 9.72 Å². The van der Waals surface area contributed by atoms with Gasteiger partial charge in [-0.05, 0) is 18.2 Å². The molecule has 1 N–H and O–H groups in total. The third-order valence-electron chi connectivity index (χ3n) is 3.36. The lowest BCUT2D eigenvalue weighted by molar-refractivity contribution is -0.384. The number of H-pyrrole nitrogens is 1. The van der Waals surface area contributed by atoms with E-state index in [0.29, 0.717) is 26.6 Å². The molecule has 0 aliphatic carbocycles. The number of halogens is 2. The average Bonchev–Trinajstić information content (AvgIpc) is 3.08. The molecule has 1 aromatic heterocycles. The Kier molecular flexibility index (Phi) is 5.55. The fraction of sp³-hybridized carbons (Fsp3) is 0.0625. The van der Waals surface area contributed by atoms with Crippen molar-refractivity contribution in [2.24, 2.45) is 0 Å². The van der Waals surface area contributed by atoms with Gasteiger partial charge in [0.25, 0.3) is 5.69 Å². The molecule has 0 radical (unpaired) electrons. The molecule has 0 bridgehead atoms. The van der Waals surface area contributed by atoms with Gasteiger partial charge in [0.15, 0.2) is 11.6 Å². The van der Waals surface area contributed by atoms with E-state index in [0.717, 1.165) is 11.8 Å². The number of hydrogen-bond donors (Lipinski definition) is 1. The van der Waals surface area contributed by atoms with Crippen LogP contribution < -0.4 is 0 Å². The number of nitro groups is 1. The normalized spacial score (nSPS) is 10.7. The monoisotopic (exact) mass is 408 g/mol. The summed E-state index contributed by atoms with van der Waals surface area (Å²) in [7, 11) is 0. The SMILES string of the molecule is O=C(CSc1n[nH]c(-c2ccc(Cl)cc2Cl)n1)c1cccc([N+](=O)[O-])c1. The van der Waals surface area contributed by atoms with Crippen molar-refractivity contribution in [3.05, 3.63) is 68.2 Å². The highest BCUT2D eigenvalue weighted by molar-refractivity contribution is 7.99. The average molecular weight is 409 g/mol. The van der Waals surface area contributed by atoms with Crippen molar-refractivity contribution in [1.82, 2.24) is 15.2 Å². The lowest BCUT2D eigenvalue weighted by Gasteiger charge is -2.00. The van der Waals surface area contributed by atoms with Crippen molar-refractivity contribution in [3.63, 3.8) is 0 Å². The van der Waals surface area contributed by atoms with E-state index in [1.165, 1.54) is 24.3 Å². The molecule has 0 saturated heterocycles. The number of rotatable bonds is 6. The van der Waals surface area contributed by atoms with Crippen molar-refractivity contribution in [3.8, 4) is 11.4 Å². The zero-order valence-corrected chi connectivity index (χ0v) is 15.3. The highest BCUT2D eigenvalue weighted by atomic mass is 35.5. The number of aromatic nitrogens is 3. The predicted octanol–water partition coefficient (Wildman–Crippen LogP) is 4.66. The van der Waals surface area contributed by atoms with Gasteiger partial charge in [0, 0.05) is 28.3 Å². The van der Waals surface area contributed by atoms with E-state index in [-0.39, 0.29) is 22.8 Å². The Bertz CT molecular complexity index is 993. The Morgan fingerprint density at radius 2 is 2.04 bits per heavy atom. The molecule has 26 heavy (non-hydrogen) atoms. The summed E-state index contributed by atoms with van der Waals surface area (Å²) >= 11 is 13.1. The van der Waals surface area contributed by atoms with E-state index in [1.807, 2.05) is 0 Å². The summed E-state index contributed by atoms with van der Waals surface area (Å²) in [5.74, 6) is 0.249. The highest BCUT2D eigenvalue weighted by Crippen LogP contribution is 2.29. The smallest absolute Gasteiger partial charge is 0.270 e. The second-order valence-corrected chi connectivity index (χ2v) is 6.90. The van der Waals surface area contributed by atoms with E-state index in [1.54, 1.807) is 18.2 Å². The lowest BCUT2D eigenvalue weighted by atomic mass is 10.1. The van der Waals surface area contributed by atoms with Gasteiger partial charge >= 0.3 is 0 Å². The summed E-state index contributed by atoms with van der Waals surface area (Å²) in [4.78, 5) is 26.8. The quantitative estimate of drug-likeness (QED) is 0.275. The van der Waals surface area contributed by atoms with E-state index in [9.17, 15) is 14.9 Å². The number of non-ortho nitro benzene ring substituents is 1. The molecule has 3 rings (SSSR count). The molecule has 2 aromatic carbocycles. The molecule has 3 aromatic rings. The first-order valence-electron chi connectivity index (χ1n) is 7.22. The summed E-state index contributed by atoms with van der Waals surface area (Å²) in [5.41, 5.74) is 0.780. The zero-order valence-electron chi connectivity index (χ0n) is 13.0. The van der Waals surface area contributed by atoms with Gasteiger partial charge in [0.2, 0.25) is 5.16 Å². The standard InChI is InChI=1S/C16H10Cl2N4O3S/c17-10-4-5-12(13(18)7-10)15-19-16(21-20-15)26-8-14(23)9-2-1-3-11(6-9)22(24)25/h1-7H,8H2,(H,19,20,21). The van der Waals surface area contributed by atoms with Crippen LogP contribution in [0.2, 0.25) is 10.0 Å². The maximum absolute atomic E-state index is 12.2. The summed E-state index contributed by atoms with van der Waals surface area (Å²) in [6.07, 6.45) is 0. The fourth-order valence-corrected chi connectivity index (χ4v) is 3.31. The molecule has 0 fully saturated rings. The second kappa shape index (κ2) is 7.86. The Hall–Kier alpha value is -2.42. The maximum Gasteiger partial charge on any atom is 0.270 e. The molecule has 0 saturated carbocycles. The number of ketones is 1. The first-order valence-corrected chi connectivity index (χ1v) is 8.96. The van der Waals surface area contributed by atoms with Crippen LogP contribution in [0.15, 0.2) is 47.6 Å². The Labute approximate surface area is 161 Å². The number of nitrogens with zero attached hydrogens (tertiary/aromatic N) is 3. The number of carbonyl (C=O) groups is 1. The number of nitrogens with one attached hydrogen (secondary N) is 1. The van der Waals surface area contributed by atoms with Crippen LogP contribution in [0.4, 0.5) is 5.69 Å². The van der Waals surface area contributed by atoms with Gasteiger partial charge in [-0.3, -0.25) is 20.0 Å². The summed E-state index contributed by atoms with van der Waals surface area (Å²) in [5, 5.41) is 18.9. The van der Waals surface area contributed by atoms with Gasteiger partial charge in [0.1, 0.15) is 0 Å². The largest absolute Gasteiger partial charge is 0.293 e. The third kappa shape index (κ3) is 4.21. The number of hydrogen-bond acceptors (Lipinski definition) is 6. The third-order valence-corrected chi connectivity index (χ3v) is 4.76. The van der Waals surface area contributed by atoms with Gasteiger partial charge in [-0.1, -0.05) is 47.1 Å². The number of carbonyl (C=O) groups excluding carboxylic acids is 1. The highest BCUT2D eigenvalue weighted by Gasteiger charge is 2.14. The minimum atomic E-state index is -0.540. The van der Waals surface area contributed by atoms with Gasteiger partial charge in [-0.15, -0.1) is 5.10 Å². The van der Waals surface area contributed by atoms with E-state index < -0.39 is 4.92 Å². The fourth-order valence-electron chi connectivity index (χ4n) is 2.12. The Morgan fingerprint density at radius 1 is 1.23 bits per heavy atom. The number of Topliss-reactive ketones (excluding diaryl/α,β-unsaturated/α-hetero) is 1. The molecule has 0 spiro atoms. The first kappa shape index (κ1) is 18.4. The minimum Gasteiger partial charge on any atom is -0.293 e. The van der Waals surface area contributed by atoms with Crippen LogP contribution in [-0.4, -0.2) is 31.6 Å². The summed E-state index contributed by atoms with van der Waals surface area (Å²) in [6.45, 7) is 0. The molecular weight excluding hydrogens is 399 g/mol. The first-order chi connectivity index (χ1) is 12.4. The topological polar surface area (TPSA) is 102 Å². The van der Waals surface area contributed by atoms with Crippen molar-refractivity contribution in [2.75, 3.05) is 5.75 Å². The zero-order chi connectivity index (χ0) is 18.7. The number of thioether (sulfide) groups is 1. The van der Waals surface area contributed by atoms with Crippen molar-refractivity contribution in [1.29, 1.82) is 0 Å². The van der Waals surface area contributed by atoms with Crippen molar-refractivity contribution in [2.45, 2.75) is 5.16 Å². The van der Waals surface area contributed by atoms with Gasteiger partial charge in [-0.25, -0.2) is 4.98 Å². The number of aromatic amines is 1. The number of nitro benzene ring substituents is 1. The van der Waals surface area contributed by atoms with Crippen LogP contribution in [0.3, 0.4) is 0 Å². The van der Waals surface area contributed by atoms with Crippen LogP contribution in [0.1, 0.15) is 10.4 Å². The minimum absolute atomic E-state index is 0.0484. The van der Waals surface area contributed by atoms with E-state index >= 15 is 0 Å². The van der Waals surface area contributed by atoms with E-state index in [2.05, 4.69) is 15.2 Å². The van der Waals surface area contributed by atoms with Crippen LogP contribution in [0.25, 0.3) is 11.4 Å². The Morgan fingerprint density at radius 3 is 2.77 bits per heavy atom. The molecule has 0 atom stereocenters. The summed E-state index contributed by atoms with van der Waals surface area (Å²) < 4.78 is 0. The maximum atomic E-state index is 12.2. The van der Waals surface area contributed by atoms with Gasteiger partial charge in [-0.2, -0.15) is 0 Å². The second-order valence-electron chi connectivity index (χ2n) is 5.11. The molecule has 0 aliphatic heterocycles. The van der Waals surface area contributed by atoms with Gasteiger partial charge in [0.05, 0.1) is 15.7 Å². The molecule has 0 amide bonds. The molecule has 0 unspecified atom stereocenters. The van der Waals surface area contributed by atoms with Crippen molar-refractivity contribution >= 4 is 46.4 Å². The lowest BCUT2D eigenvalue weighted by Crippen LogP contribution is -2.03. The van der Waals surface area contributed by atoms with Gasteiger partial charge < -0.3 is 0 Å². The number of benzene rings is 2. The van der Waals surface area contributed by atoms with Crippen LogP contribution >= 0.6 is 35.0 Å². The predicted molar refractivity (Wildman–Crippen MR) is 100.0 cm³/mol. The molecule has 7 nitrogen and oxygen atoms in total. The molecule has 10 heteroatoms. The molecule has 1 heterocycles. The molecular formula is C16H10Cl2N4O3S. The van der Waals surface area contributed by atoms with Crippen LogP contribution in [-0.2, 0) is 0 Å². The molecule has 132 valence electrons. The molecule has 0 aliphatic rings. The summed E-state index contributed by atoms with van der Waals surface area (Å²) in [6, 6.07) is 10.6.